The molecule has 2 amide bonds. The molecular formula is C21H21N5O3. The number of nitrogens with one attached hydrogen (secondary N) is 3. The lowest BCUT2D eigenvalue weighted by atomic mass is 9.76. The number of carbonyl (C=O) groups is 2. The Balaban J connectivity index is 1.04. The minimum atomic E-state index is -0.118. The molecule has 0 saturated heterocycles. The fourth-order valence-corrected chi connectivity index (χ4v) is 4.69. The second-order valence-corrected chi connectivity index (χ2v) is 8.68. The zero-order valence-corrected chi connectivity index (χ0v) is 15.8. The number of fused-ring (bicyclic) bond motifs is 1. The largest absolute Gasteiger partial charge is 0.459 e. The van der Waals surface area contributed by atoms with Gasteiger partial charge in [-0.3, -0.25) is 19.7 Å². The van der Waals surface area contributed by atoms with E-state index in [1.807, 2.05) is 6.07 Å². The van der Waals surface area contributed by atoms with Gasteiger partial charge in [0.1, 0.15) is 5.52 Å². The van der Waals surface area contributed by atoms with Gasteiger partial charge in [0.15, 0.2) is 5.76 Å². The third kappa shape index (κ3) is 2.82. The zero-order valence-electron chi connectivity index (χ0n) is 15.8. The van der Waals surface area contributed by atoms with Crippen LogP contribution >= 0.6 is 0 Å². The monoisotopic (exact) mass is 391 g/mol. The Morgan fingerprint density at radius 2 is 2.00 bits per heavy atom. The normalized spacial score (nSPS) is 27.6. The van der Waals surface area contributed by atoms with Crippen LogP contribution in [0.25, 0.3) is 11.0 Å². The molecule has 1 atom stereocenters. The summed E-state index contributed by atoms with van der Waals surface area (Å²) in [6.07, 6.45) is 9.82. The maximum absolute atomic E-state index is 12.5. The number of H-pyrrole nitrogens is 1. The molecule has 3 fully saturated rings. The van der Waals surface area contributed by atoms with Gasteiger partial charge >= 0.3 is 0 Å². The second kappa shape index (κ2) is 5.92. The summed E-state index contributed by atoms with van der Waals surface area (Å²) in [7, 11) is 0. The Kier molecular flexibility index (Phi) is 3.42. The van der Waals surface area contributed by atoms with Crippen LogP contribution in [0.4, 0.5) is 0 Å². The van der Waals surface area contributed by atoms with Crippen LogP contribution in [0.1, 0.15) is 64.5 Å². The summed E-state index contributed by atoms with van der Waals surface area (Å²) >= 11 is 0. The molecule has 3 heterocycles. The van der Waals surface area contributed by atoms with E-state index in [2.05, 4.69) is 25.8 Å². The van der Waals surface area contributed by atoms with Crippen molar-refractivity contribution in [1.29, 1.82) is 0 Å². The molecule has 1 spiro atoms. The van der Waals surface area contributed by atoms with Crippen LogP contribution in [-0.2, 0) is 0 Å². The molecule has 3 N–H and O–H groups in total. The van der Waals surface area contributed by atoms with Crippen LogP contribution in [0.2, 0.25) is 0 Å². The number of rotatable bonds is 5. The van der Waals surface area contributed by atoms with E-state index in [1.54, 1.807) is 24.7 Å². The summed E-state index contributed by atoms with van der Waals surface area (Å²) in [5.41, 5.74) is 3.18. The SMILES string of the molecule is O=C(NC1CC12CC(NC(=O)c1occc1C1CC1)C2)c1cnc2cn[nH]c2c1. The van der Waals surface area contributed by atoms with Gasteiger partial charge in [-0.25, -0.2) is 0 Å². The molecule has 3 saturated carbocycles. The standard InChI is InChI=1S/C21H21N5O3/c27-19(12-5-15-16(22-9-12)10-23-26-15)25-17-8-21(17)6-13(7-21)24-20(28)18-14(3-4-29-18)11-1-2-11/h3-5,9-11,13,17H,1-2,6-8H2,(H,23,26)(H,24,28)(H,25,27). The first-order valence-electron chi connectivity index (χ1n) is 10.1. The molecule has 3 aliphatic carbocycles. The number of aromatic nitrogens is 3. The van der Waals surface area contributed by atoms with E-state index in [0.29, 0.717) is 17.2 Å². The average molecular weight is 391 g/mol. The Morgan fingerprint density at radius 1 is 1.14 bits per heavy atom. The summed E-state index contributed by atoms with van der Waals surface area (Å²) in [6.45, 7) is 0. The molecule has 0 aromatic carbocycles. The number of hydrogen-bond donors (Lipinski definition) is 3. The van der Waals surface area contributed by atoms with Crippen molar-refractivity contribution in [1.82, 2.24) is 25.8 Å². The second-order valence-electron chi connectivity index (χ2n) is 8.68. The van der Waals surface area contributed by atoms with E-state index >= 15 is 0 Å². The predicted octanol–water partition coefficient (Wildman–Crippen LogP) is 2.51. The fraction of sp³-hybridized carbons (Fsp3) is 0.429. The molecule has 0 radical (unpaired) electrons. The highest BCUT2D eigenvalue weighted by Crippen LogP contribution is 2.60. The number of nitrogens with zero attached hydrogens (tertiary/aromatic N) is 2. The summed E-state index contributed by atoms with van der Waals surface area (Å²) in [6, 6.07) is 3.98. The van der Waals surface area contributed by atoms with Crippen molar-refractivity contribution < 1.29 is 14.0 Å². The average Bonchev–Trinajstić information content (AvgIpc) is 3.53. The minimum absolute atomic E-state index is 0.114. The van der Waals surface area contributed by atoms with Crippen molar-refractivity contribution in [2.45, 2.75) is 50.1 Å². The summed E-state index contributed by atoms with van der Waals surface area (Å²) in [5, 5.41) is 13.0. The highest BCUT2D eigenvalue weighted by atomic mass is 16.3. The Labute approximate surface area is 166 Å². The van der Waals surface area contributed by atoms with E-state index in [-0.39, 0.29) is 29.3 Å². The van der Waals surface area contributed by atoms with Crippen LogP contribution in [0.5, 0.6) is 0 Å². The van der Waals surface area contributed by atoms with E-state index in [9.17, 15) is 9.59 Å². The van der Waals surface area contributed by atoms with Crippen LogP contribution in [0.15, 0.2) is 35.2 Å². The molecule has 6 rings (SSSR count). The maximum atomic E-state index is 12.5. The van der Waals surface area contributed by atoms with Gasteiger partial charge in [0, 0.05) is 23.8 Å². The first kappa shape index (κ1) is 16.8. The quantitative estimate of drug-likeness (QED) is 0.619. The number of furan rings is 1. The molecule has 29 heavy (non-hydrogen) atoms. The number of pyridine rings is 1. The van der Waals surface area contributed by atoms with Crippen molar-refractivity contribution in [3.63, 3.8) is 0 Å². The fourth-order valence-electron chi connectivity index (χ4n) is 4.69. The lowest BCUT2D eigenvalue weighted by molar-refractivity contribution is 0.0825. The summed E-state index contributed by atoms with van der Waals surface area (Å²) < 4.78 is 5.43. The Morgan fingerprint density at radius 3 is 2.83 bits per heavy atom. The highest BCUT2D eigenvalue weighted by Gasteiger charge is 2.62. The molecule has 3 aromatic heterocycles. The summed E-state index contributed by atoms with van der Waals surface area (Å²) in [5.74, 6) is 0.724. The number of hydrogen-bond acceptors (Lipinski definition) is 5. The molecular weight excluding hydrogens is 370 g/mol. The molecule has 3 aliphatic rings. The van der Waals surface area contributed by atoms with Crippen LogP contribution in [0.3, 0.4) is 0 Å². The summed E-state index contributed by atoms with van der Waals surface area (Å²) in [4.78, 5) is 29.3. The van der Waals surface area contributed by atoms with Gasteiger partial charge in [-0.15, -0.1) is 0 Å². The van der Waals surface area contributed by atoms with Gasteiger partial charge < -0.3 is 15.1 Å². The van der Waals surface area contributed by atoms with Gasteiger partial charge in [-0.2, -0.15) is 5.10 Å². The van der Waals surface area contributed by atoms with Crippen LogP contribution in [-0.4, -0.2) is 39.1 Å². The van der Waals surface area contributed by atoms with Crippen LogP contribution in [0, 0.1) is 5.41 Å². The van der Waals surface area contributed by atoms with E-state index in [4.69, 9.17) is 4.42 Å². The predicted molar refractivity (Wildman–Crippen MR) is 103 cm³/mol. The molecule has 8 nitrogen and oxygen atoms in total. The van der Waals surface area contributed by atoms with Gasteiger partial charge in [-0.05, 0) is 55.6 Å². The minimum Gasteiger partial charge on any atom is -0.459 e. The smallest absolute Gasteiger partial charge is 0.287 e. The van der Waals surface area contributed by atoms with Gasteiger partial charge in [0.2, 0.25) is 0 Å². The molecule has 0 aliphatic heterocycles. The lowest BCUT2D eigenvalue weighted by Crippen LogP contribution is -2.48. The van der Waals surface area contributed by atoms with Crippen molar-refractivity contribution in [3.8, 4) is 0 Å². The highest BCUT2D eigenvalue weighted by molar-refractivity contribution is 5.97. The third-order valence-electron chi connectivity index (χ3n) is 6.61. The molecule has 3 aromatic rings. The molecule has 0 bridgehead atoms. The number of aromatic amines is 1. The Hall–Kier alpha value is -3.16. The van der Waals surface area contributed by atoms with Crippen LogP contribution < -0.4 is 10.6 Å². The third-order valence-corrected chi connectivity index (χ3v) is 6.61. The van der Waals surface area contributed by atoms with E-state index in [1.165, 1.54) is 0 Å². The van der Waals surface area contributed by atoms with Gasteiger partial charge in [-0.1, -0.05) is 0 Å². The zero-order chi connectivity index (χ0) is 19.6. The lowest BCUT2D eigenvalue weighted by Gasteiger charge is -2.37. The van der Waals surface area contributed by atoms with Gasteiger partial charge in [0.05, 0.1) is 23.5 Å². The molecule has 1 unspecified atom stereocenters. The van der Waals surface area contributed by atoms with Crippen molar-refractivity contribution >= 4 is 22.8 Å². The first-order valence-corrected chi connectivity index (χ1v) is 10.1. The van der Waals surface area contributed by atoms with Crippen molar-refractivity contribution in [3.05, 3.63) is 47.7 Å². The van der Waals surface area contributed by atoms with Crippen molar-refractivity contribution in [2.75, 3.05) is 0 Å². The first-order chi connectivity index (χ1) is 14.1. The number of amides is 2. The number of carbonyl (C=O) groups excluding carboxylic acids is 2. The molecule has 148 valence electrons. The van der Waals surface area contributed by atoms with Crippen molar-refractivity contribution in [2.24, 2.45) is 5.41 Å². The topological polar surface area (TPSA) is 113 Å². The Bertz CT molecular complexity index is 1120. The molecule has 8 heteroatoms. The maximum Gasteiger partial charge on any atom is 0.287 e. The van der Waals surface area contributed by atoms with Gasteiger partial charge in [0.25, 0.3) is 11.8 Å². The van der Waals surface area contributed by atoms with E-state index in [0.717, 1.165) is 48.7 Å². The van der Waals surface area contributed by atoms with E-state index < -0.39 is 0 Å².